The standard InChI is InChI=1S/C17H17ClN2O3/c1-23-15-8-2-12(3-9-15)10-11-19-17(22)20-16(21)13-4-6-14(18)7-5-13/h2-9H,10-11H2,1H3,(H2,19,20,21,22). The number of carbonyl (C=O) groups excluding carboxylic acids is 2. The molecule has 0 aliphatic carbocycles. The lowest BCUT2D eigenvalue weighted by Gasteiger charge is -2.07. The van der Waals surface area contributed by atoms with E-state index in [0.717, 1.165) is 11.3 Å². The van der Waals surface area contributed by atoms with Crippen molar-refractivity contribution in [3.05, 3.63) is 64.7 Å². The molecule has 0 heterocycles. The minimum Gasteiger partial charge on any atom is -0.497 e. The first-order chi connectivity index (χ1) is 11.1. The van der Waals surface area contributed by atoms with E-state index < -0.39 is 11.9 Å². The van der Waals surface area contributed by atoms with E-state index in [1.165, 1.54) is 0 Å². The van der Waals surface area contributed by atoms with Crippen LogP contribution in [0.25, 0.3) is 0 Å². The second-order valence-corrected chi connectivity index (χ2v) is 5.25. The summed E-state index contributed by atoms with van der Waals surface area (Å²) in [5.41, 5.74) is 1.44. The van der Waals surface area contributed by atoms with Crippen LogP contribution in [0.2, 0.25) is 5.02 Å². The first-order valence-electron chi connectivity index (χ1n) is 7.06. The third kappa shape index (κ3) is 5.30. The predicted octanol–water partition coefficient (Wildman–Crippen LogP) is 3.03. The van der Waals surface area contributed by atoms with Gasteiger partial charge in [-0.3, -0.25) is 10.1 Å². The summed E-state index contributed by atoms with van der Waals surface area (Å²) in [4.78, 5) is 23.5. The summed E-state index contributed by atoms with van der Waals surface area (Å²) in [5.74, 6) is 0.316. The Morgan fingerprint density at radius 1 is 1.04 bits per heavy atom. The van der Waals surface area contributed by atoms with Gasteiger partial charge in [-0.25, -0.2) is 4.79 Å². The molecule has 0 atom stereocenters. The van der Waals surface area contributed by atoms with Crippen LogP contribution in [-0.4, -0.2) is 25.6 Å². The molecule has 2 N–H and O–H groups in total. The van der Waals surface area contributed by atoms with E-state index in [4.69, 9.17) is 16.3 Å². The van der Waals surface area contributed by atoms with Crippen LogP contribution < -0.4 is 15.4 Å². The van der Waals surface area contributed by atoms with Gasteiger partial charge in [0.05, 0.1) is 7.11 Å². The summed E-state index contributed by atoms with van der Waals surface area (Å²) in [6.45, 7) is 0.423. The number of ether oxygens (including phenoxy) is 1. The fraction of sp³-hybridized carbons (Fsp3) is 0.176. The third-order valence-corrected chi connectivity index (χ3v) is 3.44. The molecule has 2 rings (SSSR count). The van der Waals surface area contributed by atoms with Crippen molar-refractivity contribution < 1.29 is 14.3 Å². The van der Waals surface area contributed by atoms with Crippen molar-refractivity contribution in [2.45, 2.75) is 6.42 Å². The van der Waals surface area contributed by atoms with Gasteiger partial charge in [-0.1, -0.05) is 23.7 Å². The highest BCUT2D eigenvalue weighted by Gasteiger charge is 2.09. The molecule has 0 saturated carbocycles. The quantitative estimate of drug-likeness (QED) is 0.884. The lowest BCUT2D eigenvalue weighted by atomic mass is 10.1. The van der Waals surface area contributed by atoms with Gasteiger partial charge in [0.25, 0.3) is 5.91 Å². The first-order valence-corrected chi connectivity index (χ1v) is 7.44. The molecule has 23 heavy (non-hydrogen) atoms. The Bertz CT molecular complexity index is 669. The molecule has 2 aromatic rings. The SMILES string of the molecule is COc1ccc(CCNC(=O)NC(=O)c2ccc(Cl)cc2)cc1. The molecule has 0 saturated heterocycles. The van der Waals surface area contributed by atoms with Gasteiger partial charge in [0.1, 0.15) is 5.75 Å². The summed E-state index contributed by atoms with van der Waals surface area (Å²) < 4.78 is 5.08. The van der Waals surface area contributed by atoms with E-state index >= 15 is 0 Å². The molecule has 0 spiro atoms. The van der Waals surface area contributed by atoms with E-state index in [1.807, 2.05) is 24.3 Å². The molecule has 5 nitrogen and oxygen atoms in total. The van der Waals surface area contributed by atoms with Crippen LogP contribution >= 0.6 is 11.6 Å². The number of methoxy groups -OCH3 is 1. The Morgan fingerprint density at radius 2 is 1.70 bits per heavy atom. The summed E-state index contributed by atoms with van der Waals surface area (Å²) >= 11 is 5.75. The highest BCUT2D eigenvalue weighted by Crippen LogP contribution is 2.11. The third-order valence-electron chi connectivity index (χ3n) is 3.19. The van der Waals surface area contributed by atoms with Crippen LogP contribution in [-0.2, 0) is 6.42 Å². The number of hydrogen-bond acceptors (Lipinski definition) is 3. The van der Waals surface area contributed by atoms with Gasteiger partial charge in [-0.15, -0.1) is 0 Å². The summed E-state index contributed by atoms with van der Waals surface area (Å²) in [6.07, 6.45) is 0.659. The van der Waals surface area contributed by atoms with E-state index in [1.54, 1.807) is 31.4 Å². The molecule has 2 aromatic carbocycles. The number of rotatable bonds is 5. The molecule has 0 fully saturated rings. The zero-order valence-corrected chi connectivity index (χ0v) is 13.4. The topological polar surface area (TPSA) is 67.4 Å². The Hall–Kier alpha value is -2.53. The zero-order chi connectivity index (χ0) is 16.7. The molecule has 3 amide bonds. The van der Waals surface area contributed by atoms with Gasteiger partial charge < -0.3 is 10.1 Å². The number of halogens is 1. The van der Waals surface area contributed by atoms with Crippen LogP contribution in [0.3, 0.4) is 0 Å². The van der Waals surface area contributed by atoms with Gasteiger partial charge in [-0.05, 0) is 48.4 Å². The molecule has 0 aliphatic heterocycles. The van der Waals surface area contributed by atoms with Gasteiger partial charge in [0.15, 0.2) is 0 Å². The molecular formula is C17H17ClN2O3. The second-order valence-electron chi connectivity index (χ2n) is 4.81. The summed E-state index contributed by atoms with van der Waals surface area (Å²) in [5, 5.41) is 5.44. The summed E-state index contributed by atoms with van der Waals surface area (Å²) in [6, 6.07) is 13.4. The Kier molecular flexibility index (Phi) is 6.00. The van der Waals surface area contributed by atoms with Crippen LogP contribution in [0, 0.1) is 0 Å². The minimum absolute atomic E-state index is 0.375. The van der Waals surface area contributed by atoms with Crippen LogP contribution in [0.4, 0.5) is 4.79 Å². The smallest absolute Gasteiger partial charge is 0.321 e. The number of imide groups is 1. The lowest BCUT2D eigenvalue weighted by molar-refractivity contribution is 0.0964. The van der Waals surface area contributed by atoms with Crippen LogP contribution in [0.5, 0.6) is 5.75 Å². The van der Waals surface area contributed by atoms with Crippen molar-refractivity contribution in [3.8, 4) is 5.75 Å². The highest BCUT2D eigenvalue weighted by molar-refractivity contribution is 6.30. The summed E-state index contributed by atoms with van der Waals surface area (Å²) in [7, 11) is 1.61. The minimum atomic E-state index is -0.529. The van der Waals surface area contributed by atoms with Crippen LogP contribution in [0.1, 0.15) is 15.9 Å². The number of amides is 3. The first kappa shape index (κ1) is 16.8. The van der Waals surface area contributed by atoms with Crippen molar-refractivity contribution in [3.63, 3.8) is 0 Å². The van der Waals surface area contributed by atoms with Gasteiger partial charge in [0.2, 0.25) is 0 Å². The Balaban J connectivity index is 1.76. The largest absolute Gasteiger partial charge is 0.497 e. The average molecular weight is 333 g/mol. The normalized spacial score (nSPS) is 10.0. The predicted molar refractivity (Wildman–Crippen MR) is 89.0 cm³/mol. The molecular weight excluding hydrogens is 316 g/mol. The van der Waals surface area contributed by atoms with Gasteiger partial charge in [-0.2, -0.15) is 0 Å². The number of nitrogens with one attached hydrogen (secondary N) is 2. The fourth-order valence-corrected chi connectivity index (χ4v) is 2.06. The van der Waals surface area contributed by atoms with Crippen molar-refractivity contribution in [2.24, 2.45) is 0 Å². The molecule has 0 bridgehead atoms. The van der Waals surface area contributed by atoms with Crippen molar-refractivity contribution >= 4 is 23.5 Å². The molecule has 120 valence electrons. The highest BCUT2D eigenvalue weighted by atomic mass is 35.5. The van der Waals surface area contributed by atoms with Crippen molar-refractivity contribution in [1.82, 2.24) is 10.6 Å². The number of benzene rings is 2. The van der Waals surface area contributed by atoms with E-state index in [2.05, 4.69) is 10.6 Å². The Labute approximate surface area is 139 Å². The maximum absolute atomic E-state index is 11.8. The van der Waals surface area contributed by atoms with Gasteiger partial charge >= 0.3 is 6.03 Å². The Morgan fingerprint density at radius 3 is 2.30 bits per heavy atom. The fourth-order valence-electron chi connectivity index (χ4n) is 1.93. The molecule has 0 radical (unpaired) electrons. The second kappa shape index (κ2) is 8.19. The van der Waals surface area contributed by atoms with E-state index in [9.17, 15) is 9.59 Å². The van der Waals surface area contributed by atoms with E-state index in [-0.39, 0.29) is 0 Å². The maximum Gasteiger partial charge on any atom is 0.321 e. The van der Waals surface area contributed by atoms with Crippen molar-refractivity contribution in [1.29, 1.82) is 0 Å². The average Bonchev–Trinajstić information content (AvgIpc) is 2.56. The number of hydrogen-bond donors (Lipinski definition) is 2. The zero-order valence-electron chi connectivity index (χ0n) is 12.6. The van der Waals surface area contributed by atoms with Gasteiger partial charge in [0, 0.05) is 17.1 Å². The number of carbonyl (C=O) groups is 2. The molecule has 0 aliphatic rings. The molecule has 0 unspecified atom stereocenters. The van der Waals surface area contributed by atoms with E-state index in [0.29, 0.717) is 23.6 Å². The van der Waals surface area contributed by atoms with Crippen molar-refractivity contribution in [2.75, 3.05) is 13.7 Å². The number of urea groups is 1. The lowest BCUT2D eigenvalue weighted by Crippen LogP contribution is -2.40. The van der Waals surface area contributed by atoms with Crippen LogP contribution in [0.15, 0.2) is 48.5 Å². The monoisotopic (exact) mass is 332 g/mol. The molecule has 0 aromatic heterocycles. The maximum atomic E-state index is 11.8. The molecule has 6 heteroatoms.